The molecule has 0 unspecified atom stereocenters. The Kier molecular flexibility index (Phi) is 4.24. The van der Waals surface area contributed by atoms with Crippen LogP contribution in [0.2, 0.25) is 0 Å². The fourth-order valence-corrected chi connectivity index (χ4v) is 5.52. The minimum Gasteiger partial charge on any atom is -0.441 e. The summed E-state index contributed by atoms with van der Waals surface area (Å²) in [5.41, 5.74) is 4.10. The molecule has 0 bridgehead atoms. The van der Waals surface area contributed by atoms with Crippen molar-refractivity contribution in [2.75, 3.05) is 16.8 Å². The average Bonchev–Trinajstić information content (AvgIpc) is 3.23. The summed E-state index contributed by atoms with van der Waals surface area (Å²) < 4.78 is 6.00. The van der Waals surface area contributed by atoms with Crippen molar-refractivity contribution in [1.82, 2.24) is 4.98 Å². The van der Waals surface area contributed by atoms with E-state index in [0.717, 1.165) is 5.52 Å². The number of fused-ring (bicyclic) bond motifs is 1. The summed E-state index contributed by atoms with van der Waals surface area (Å²) in [6, 6.07) is 13.4. The van der Waals surface area contributed by atoms with E-state index in [2.05, 4.69) is 10.3 Å². The molecule has 1 aromatic heterocycles. The number of rotatable bonds is 3. The molecule has 1 amide bonds. The predicted molar refractivity (Wildman–Crippen MR) is 101 cm³/mol. The van der Waals surface area contributed by atoms with E-state index in [-0.39, 0.29) is 5.91 Å². The van der Waals surface area contributed by atoms with E-state index in [4.69, 9.17) is 4.42 Å². The number of aromatic nitrogens is 1. The molecule has 4 nitrogen and oxygen atoms in total. The maximum absolute atomic E-state index is 12.4. The molecular weight excluding hydrogens is 340 g/mol. The van der Waals surface area contributed by atoms with Crippen molar-refractivity contribution in [1.29, 1.82) is 0 Å². The monoisotopic (exact) mass is 356 g/mol. The van der Waals surface area contributed by atoms with Gasteiger partial charge in [-0.3, -0.25) is 4.79 Å². The zero-order valence-corrected chi connectivity index (χ0v) is 14.7. The Hall–Kier alpha value is -1.92. The molecule has 4 rings (SSSR count). The second kappa shape index (κ2) is 6.53. The van der Waals surface area contributed by atoms with Gasteiger partial charge in [-0.1, -0.05) is 12.1 Å². The number of hydrogen-bond acceptors (Lipinski definition) is 5. The second-order valence-electron chi connectivity index (χ2n) is 5.57. The topological polar surface area (TPSA) is 55.1 Å². The van der Waals surface area contributed by atoms with Crippen LogP contribution in [-0.4, -0.2) is 22.4 Å². The Morgan fingerprint density at radius 3 is 2.67 bits per heavy atom. The Labute approximate surface area is 148 Å². The van der Waals surface area contributed by atoms with Gasteiger partial charge in [0.25, 0.3) is 5.91 Å². The summed E-state index contributed by atoms with van der Waals surface area (Å²) in [7, 11) is 0. The zero-order chi connectivity index (χ0) is 16.5. The van der Waals surface area contributed by atoms with Gasteiger partial charge in [-0.05, 0) is 29.8 Å². The minimum absolute atomic E-state index is 0.121. The fraction of sp³-hybridized carbons (Fsp3) is 0.222. The normalized spacial score (nSPS) is 15.0. The second-order valence-corrected chi connectivity index (χ2v) is 8.29. The Morgan fingerprint density at radius 2 is 1.92 bits per heavy atom. The van der Waals surface area contributed by atoms with Crippen molar-refractivity contribution >= 4 is 46.2 Å². The molecule has 0 atom stereocenters. The molecule has 0 saturated carbocycles. The Balaban J connectivity index is 1.50. The fourth-order valence-electron chi connectivity index (χ4n) is 2.66. The number of nitrogens with zero attached hydrogens (tertiary/aromatic N) is 1. The number of nitrogens with one attached hydrogen (secondary N) is 1. The molecule has 122 valence electrons. The highest BCUT2D eigenvalue weighted by Crippen LogP contribution is 2.45. The van der Waals surface area contributed by atoms with Crippen molar-refractivity contribution < 1.29 is 9.21 Å². The number of carbonyl (C=O) groups excluding carboxylic acids is 1. The molecule has 3 aromatic rings. The standard InChI is InChI=1S/C18H16N2O2S2/c1-11-19-15-7-6-14(10-16(15)22-11)20-17(21)12-2-4-13(5-3-12)18-23-8-9-24-18/h2-7,10,18H,8-9H2,1H3,(H,20,21). The Bertz CT molecular complexity index is 884. The molecule has 1 aliphatic heterocycles. The highest BCUT2D eigenvalue weighted by Gasteiger charge is 2.18. The third-order valence-electron chi connectivity index (χ3n) is 3.82. The minimum atomic E-state index is -0.121. The van der Waals surface area contributed by atoms with Crippen LogP contribution in [0.5, 0.6) is 0 Å². The lowest BCUT2D eigenvalue weighted by atomic mass is 10.1. The van der Waals surface area contributed by atoms with Crippen LogP contribution < -0.4 is 5.32 Å². The van der Waals surface area contributed by atoms with Crippen LogP contribution in [0.25, 0.3) is 11.1 Å². The van der Waals surface area contributed by atoms with Crippen molar-refractivity contribution in [2.24, 2.45) is 0 Å². The molecule has 1 N–H and O–H groups in total. The first-order chi connectivity index (χ1) is 11.7. The summed E-state index contributed by atoms with van der Waals surface area (Å²) in [5, 5.41) is 2.91. The molecule has 0 radical (unpaired) electrons. The molecule has 0 aliphatic carbocycles. The maximum Gasteiger partial charge on any atom is 0.255 e. The third-order valence-corrected chi connectivity index (χ3v) is 6.92. The van der Waals surface area contributed by atoms with Crippen LogP contribution in [0.4, 0.5) is 5.69 Å². The lowest BCUT2D eigenvalue weighted by molar-refractivity contribution is 0.102. The van der Waals surface area contributed by atoms with Crippen molar-refractivity contribution in [3.8, 4) is 0 Å². The quantitative estimate of drug-likeness (QED) is 0.726. The molecule has 6 heteroatoms. The first-order valence-corrected chi connectivity index (χ1v) is 9.80. The molecule has 24 heavy (non-hydrogen) atoms. The lowest BCUT2D eigenvalue weighted by Gasteiger charge is -2.09. The highest BCUT2D eigenvalue weighted by atomic mass is 32.2. The molecule has 0 spiro atoms. The number of carbonyl (C=O) groups is 1. The maximum atomic E-state index is 12.4. The summed E-state index contributed by atoms with van der Waals surface area (Å²) in [6.07, 6.45) is 0. The first kappa shape index (κ1) is 15.6. The van der Waals surface area contributed by atoms with Gasteiger partial charge in [0.2, 0.25) is 0 Å². The van der Waals surface area contributed by atoms with Gasteiger partial charge in [0, 0.05) is 35.7 Å². The molecule has 2 aromatic carbocycles. The zero-order valence-electron chi connectivity index (χ0n) is 13.1. The van der Waals surface area contributed by atoms with Crippen LogP contribution in [-0.2, 0) is 0 Å². The number of amides is 1. The van der Waals surface area contributed by atoms with Crippen LogP contribution >= 0.6 is 23.5 Å². The van der Waals surface area contributed by atoms with E-state index in [1.165, 1.54) is 17.1 Å². The van der Waals surface area contributed by atoms with Crippen LogP contribution in [0.1, 0.15) is 26.4 Å². The Morgan fingerprint density at radius 1 is 1.17 bits per heavy atom. The van der Waals surface area contributed by atoms with Crippen LogP contribution in [0, 0.1) is 6.92 Å². The largest absolute Gasteiger partial charge is 0.441 e. The van der Waals surface area contributed by atoms with Crippen molar-refractivity contribution in [2.45, 2.75) is 11.5 Å². The highest BCUT2D eigenvalue weighted by molar-refractivity contribution is 8.19. The number of anilines is 1. The van der Waals surface area contributed by atoms with E-state index in [9.17, 15) is 4.79 Å². The van der Waals surface area contributed by atoms with Crippen molar-refractivity contribution in [3.05, 3.63) is 59.5 Å². The van der Waals surface area contributed by atoms with E-state index in [0.29, 0.717) is 27.3 Å². The molecule has 1 saturated heterocycles. The molecule has 1 fully saturated rings. The van der Waals surface area contributed by atoms with Gasteiger partial charge in [-0.15, -0.1) is 23.5 Å². The molecular formula is C18H16N2O2S2. The van der Waals surface area contributed by atoms with Gasteiger partial charge in [0.1, 0.15) is 5.52 Å². The van der Waals surface area contributed by atoms with Gasteiger partial charge in [0.05, 0.1) is 4.58 Å². The van der Waals surface area contributed by atoms with Gasteiger partial charge < -0.3 is 9.73 Å². The smallest absolute Gasteiger partial charge is 0.255 e. The number of benzene rings is 2. The number of oxazole rings is 1. The summed E-state index contributed by atoms with van der Waals surface area (Å²) >= 11 is 3.92. The van der Waals surface area contributed by atoms with Crippen molar-refractivity contribution in [3.63, 3.8) is 0 Å². The van der Waals surface area contributed by atoms with E-state index in [1.807, 2.05) is 59.9 Å². The predicted octanol–water partition coefficient (Wildman–Crippen LogP) is 4.87. The number of thioether (sulfide) groups is 2. The summed E-state index contributed by atoms with van der Waals surface area (Å²) in [4.78, 5) is 16.7. The van der Waals surface area contributed by atoms with Crippen LogP contribution in [0.3, 0.4) is 0 Å². The average molecular weight is 356 g/mol. The number of aryl methyl sites for hydroxylation is 1. The molecule has 2 heterocycles. The first-order valence-electron chi connectivity index (χ1n) is 7.71. The summed E-state index contributed by atoms with van der Waals surface area (Å²) in [5.74, 6) is 2.89. The third kappa shape index (κ3) is 3.16. The van der Waals surface area contributed by atoms with E-state index < -0.39 is 0 Å². The lowest BCUT2D eigenvalue weighted by Crippen LogP contribution is -2.11. The SMILES string of the molecule is Cc1nc2ccc(NC(=O)c3ccc(C4SCCS4)cc3)cc2o1. The van der Waals surface area contributed by atoms with Gasteiger partial charge in [-0.25, -0.2) is 4.98 Å². The van der Waals surface area contributed by atoms with E-state index >= 15 is 0 Å². The van der Waals surface area contributed by atoms with Gasteiger partial charge in [-0.2, -0.15) is 0 Å². The summed E-state index contributed by atoms with van der Waals surface area (Å²) in [6.45, 7) is 1.81. The molecule has 1 aliphatic rings. The van der Waals surface area contributed by atoms with E-state index in [1.54, 1.807) is 13.0 Å². The van der Waals surface area contributed by atoms with Gasteiger partial charge >= 0.3 is 0 Å². The van der Waals surface area contributed by atoms with Crippen LogP contribution in [0.15, 0.2) is 46.9 Å². The van der Waals surface area contributed by atoms with Gasteiger partial charge in [0.15, 0.2) is 11.5 Å². The number of hydrogen-bond donors (Lipinski definition) is 1.